The number of carbonyl (C=O) groups excluding carboxylic acids is 1. The van der Waals surface area contributed by atoms with Gasteiger partial charge in [-0.1, -0.05) is 13.0 Å². The molecule has 0 radical (unpaired) electrons. The summed E-state index contributed by atoms with van der Waals surface area (Å²) in [5, 5.41) is 1.72. The highest BCUT2D eigenvalue weighted by Gasteiger charge is 2.21. The number of nitrogens with one attached hydrogen (secondary N) is 1. The fourth-order valence-corrected chi connectivity index (χ4v) is 4.80. The number of likely N-dealkylation sites (N-methyl/N-ethyl adjacent to an activating group) is 1. The van der Waals surface area contributed by atoms with Crippen LogP contribution in [0.15, 0.2) is 46.0 Å². The molecule has 134 valence electrons. The van der Waals surface area contributed by atoms with E-state index in [0.29, 0.717) is 11.3 Å². The Morgan fingerprint density at radius 3 is 2.36 bits per heavy atom. The summed E-state index contributed by atoms with van der Waals surface area (Å²) in [5.41, 5.74) is 1.02. The second kappa shape index (κ2) is 7.55. The van der Waals surface area contributed by atoms with Gasteiger partial charge < -0.3 is 9.80 Å². The first-order valence-corrected chi connectivity index (χ1v) is 10.5. The summed E-state index contributed by atoms with van der Waals surface area (Å²) < 4.78 is 27.2. The first-order valence-electron chi connectivity index (χ1n) is 8.17. The van der Waals surface area contributed by atoms with Gasteiger partial charge in [0.15, 0.2) is 0 Å². The smallest absolute Gasteiger partial charge is 0.271 e. The maximum absolute atomic E-state index is 12.5. The van der Waals surface area contributed by atoms with Crippen molar-refractivity contribution in [3.05, 3.63) is 47.3 Å². The molecule has 3 rings (SSSR count). The van der Waals surface area contributed by atoms with Crippen LogP contribution < -0.4 is 4.72 Å². The lowest BCUT2D eigenvalue weighted by atomic mass is 10.1. The molecule has 0 bridgehead atoms. The summed E-state index contributed by atoms with van der Waals surface area (Å²) in [4.78, 5) is 16.7. The van der Waals surface area contributed by atoms with Gasteiger partial charge in [-0.25, -0.2) is 8.42 Å². The van der Waals surface area contributed by atoms with Crippen molar-refractivity contribution in [3.8, 4) is 0 Å². The molecule has 1 N–H and O–H groups in total. The largest absolute Gasteiger partial charge is 0.336 e. The van der Waals surface area contributed by atoms with Crippen LogP contribution in [0.5, 0.6) is 0 Å². The fraction of sp³-hybridized carbons (Fsp3) is 0.353. The number of rotatable bonds is 5. The number of hydrogen-bond acceptors (Lipinski definition) is 5. The van der Waals surface area contributed by atoms with Crippen molar-refractivity contribution < 1.29 is 13.2 Å². The predicted octanol–water partition coefficient (Wildman–Crippen LogP) is 2.33. The molecule has 1 amide bonds. The second-order valence-electron chi connectivity index (χ2n) is 5.84. The zero-order valence-corrected chi connectivity index (χ0v) is 15.6. The van der Waals surface area contributed by atoms with Gasteiger partial charge in [0, 0.05) is 37.4 Å². The summed E-state index contributed by atoms with van der Waals surface area (Å²) in [6.07, 6.45) is 0. The molecule has 1 saturated heterocycles. The SMILES string of the molecule is CCN1CCN(C(=O)c2ccc(NS(=O)(=O)c3cccs3)cc2)CC1. The Balaban J connectivity index is 1.65. The molecule has 8 heteroatoms. The first kappa shape index (κ1) is 17.9. The minimum atomic E-state index is -3.56. The quantitative estimate of drug-likeness (QED) is 0.866. The third kappa shape index (κ3) is 4.20. The summed E-state index contributed by atoms with van der Waals surface area (Å²) >= 11 is 1.16. The molecule has 2 aromatic rings. The Hall–Kier alpha value is -1.90. The van der Waals surface area contributed by atoms with Gasteiger partial charge in [0.2, 0.25) is 0 Å². The van der Waals surface area contributed by atoms with Crippen LogP contribution in [-0.4, -0.2) is 56.8 Å². The Bertz CT molecular complexity index is 809. The first-order chi connectivity index (χ1) is 12.0. The number of carbonyl (C=O) groups is 1. The normalized spacial score (nSPS) is 16.0. The van der Waals surface area contributed by atoms with Crippen molar-refractivity contribution >= 4 is 33.0 Å². The highest BCUT2D eigenvalue weighted by Crippen LogP contribution is 2.21. The minimum absolute atomic E-state index is 0.0107. The number of nitrogens with zero attached hydrogens (tertiary/aromatic N) is 2. The van der Waals surface area contributed by atoms with Crippen molar-refractivity contribution in [2.75, 3.05) is 37.4 Å². The van der Waals surface area contributed by atoms with Crippen molar-refractivity contribution in [2.45, 2.75) is 11.1 Å². The third-order valence-electron chi connectivity index (χ3n) is 4.25. The lowest BCUT2D eigenvalue weighted by Gasteiger charge is -2.34. The van der Waals surface area contributed by atoms with Gasteiger partial charge in [-0.3, -0.25) is 9.52 Å². The molecule has 0 spiro atoms. The van der Waals surface area contributed by atoms with Gasteiger partial charge >= 0.3 is 0 Å². The standard InChI is InChI=1S/C17H21N3O3S2/c1-2-19-9-11-20(12-10-19)17(21)14-5-7-15(8-6-14)18-25(22,23)16-4-3-13-24-16/h3-8,13,18H,2,9-12H2,1H3. The van der Waals surface area contributed by atoms with E-state index in [-0.39, 0.29) is 10.1 Å². The van der Waals surface area contributed by atoms with E-state index in [1.807, 2.05) is 4.90 Å². The van der Waals surface area contributed by atoms with E-state index in [0.717, 1.165) is 44.1 Å². The lowest BCUT2D eigenvalue weighted by Crippen LogP contribution is -2.48. The molecule has 0 saturated carbocycles. The Kier molecular flexibility index (Phi) is 5.41. The Labute approximate surface area is 152 Å². The van der Waals surface area contributed by atoms with Gasteiger partial charge in [-0.15, -0.1) is 11.3 Å². The van der Waals surface area contributed by atoms with Crippen molar-refractivity contribution in [3.63, 3.8) is 0 Å². The van der Waals surface area contributed by atoms with Gasteiger partial charge in [0.05, 0.1) is 0 Å². The Morgan fingerprint density at radius 2 is 1.80 bits per heavy atom. The molecule has 2 heterocycles. The number of piperazine rings is 1. The van der Waals surface area contributed by atoms with E-state index in [1.54, 1.807) is 41.8 Å². The van der Waals surface area contributed by atoms with Gasteiger partial charge in [0.1, 0.15) is 4.21 Å². The van der Waals surface area contributed by atoms with Crippen LogP contribution in [-0.2, 0) is 10.0 Å². The van der Waals surface area contributed by atoms with Crippen LogP contribution in [0, 0.1) is 0 Å². The monoisotopic (exact) mass is 379 g/mol. The van der Waals surface area contributed by atoms with Crippen LogP contribution >= 0.6 is 11.3 Å². The number of anilines is 1. The number of sulfonamides is 1. The lowest BCUT2D eigenvalue weighted by molar-refractivity contribution is 0.0643. The van der Waals surface area contributed by atoms with Crippen LogP contribution in [0.25, 0.3) is 0 Å². The molecular formula is C17H21N3O3S2. The molecule has 1 fully saturated rings. The molecule has 6 nitrogen and oxygen atoms in total. The highest BCUT2D eigenvalue weighted by molar-refractivity contribution is 7.94. The molecule has 0 unspecified atom stereocenters. The van der Waals surface area contributed by atoms with E-state index in [1.165, 1.54) is 0 Å². The molecule has 1 aliphatic heterocycles. The van der Waals surface area contributed by atoms with Crippen LogP contribution in [0.2, 0.25) is 0 Å². The summed E-state index contributed by atoms with van der Waals surface area (Å²) in [5.74, 6) is -0.0107. The minimum Gasteiger partial charge on any atom is -0.336 e. The molecule has 1 aromatic heterocycles. The topological polar surface area (TPSA) is 69.7 Å². The van der Waals surface area contributed by atoms with Crippen LogP contribution in [0.3, 0.4) is 0 Å². The van der Waals surface area contributed by atoms with Gasteiger partial charge in [0.25, 0.3) is 15.9 Å². The number of benzene rings is 1. The van der Waals surface area contributed by atoms with Gasteiger partial charge in [-0.05, 0) is 42.3 Å². The average molecular weight is 380 g/mol. The van der Waals surface area contributed by atoms with E-state index in [4.69, 9.17) is 0 Å². The second-order valence-corrected chi connectivity index (χ2v) is 8.70. The van der Waals surface area contributed by atoms with E-state index in [2.05, 4.69) is 16.5 Å². The van der Waals surface area contributed by atoms with Crippen molar-refractivity contribution in [1.29, 1.82) is 0 Å². The molecule has 1 aliphatic rings. The molecule has 25 heavy (non-hydrogen) atoms. The summed E-state index contributed by atoms with van der Waals surface area (Å²) in [7, 11) is -3.56. The highest BCUT2D eigenvalue weighted by atomic mass is 32.2. The van der Waals surface area contributed by atoms with E-state index < -0.39 is 10.0 Å². The number of hydrogen-bond donors (Lipinski definition) is 1. The van der Waals surface area contributed by atoms with Crippen LogP contribution in [0.1, 0.15) is 17.3 Å². The molecule has 0 atom stereocenters. The maximum atomic E-state index is 12.5. The third-order valence-corrected chi connectivity index (χ3v) is 7.03. The fourth-order valence-electron chi connectivity index (χ4n) is 2.75. The zero-order valence-electron chi connectivity index (χ0n) is 14.0. The summed E-state index contributed by atoms with van der Waals surface area (Å²) in [6.45, 7) is 6.34. The van der Waals surface area contributed by atoms with Gasteiger partial charge in [-0.2, -0.15) is 0 Å². The number of amides is 1. The Morgan fingerprint density at radius 1 is 1.12 bits per heavy atom. The molecule has 0 aliphatic carbocycles. The zero-order chi connectivity index (χ0) is 17.9. The maximum Gasteiger partial charge on any atom is 0.271 e. The predicted molar refractivity (Wildman–Crippen MR) is 99.6 cm³/mol. The van der Waals surface area contributed by atoms with E-state index >= 15 is 0 Å². The molecular weight excluding hydrogens is 358 g/mol. The van der Waals surface area contributed by atoms with E-state index in [9.17, 15) is 13.2 Å². The van der Waals surface area contributed by atoms with Crippen LogP contribution in [0.4, 0.5) is 5.69 Å². The number of thiophene rings is 1. The summed E-state index contributed by atoms with van der Waals surface area (Å²) in [6, 6.07) is 9.84. The molecule has 1 aromatic carbocycles. The van der Waals surface area contributed by atoms with Crippen molar-refractivity contribution in [2.24, 2.45) is 0 Å². The van der Waals surface area contributed by atoms with Crippen molar-refractivity contribution in [1.82, 2.24) is 9.80 Å². The average Bonchev–Trinajstić information content (AvgIpc) is 3.17.